The van der Waals surface area contributed by atoms with Gasteiger partial charge in [0.25, 0.3) is 0 Å². The first kappa shape index (κ1) is 9.06. The molecule has 0 radical (unpaired) electrons. The fourth-order valence-corrected chi connectivity index (χ4v) is 3.96. The number of hydrogen-bond donors (Lipinski definition) is 1. The van der Waals surface area contributed by atoms with Crippen LogP contribution in [0.2, 0.25) is 0 Å². The van der Waals surface area contributed by atoms with Crippen molar-refractivity contribution in [1.82, 2.24) is 0 Å². The van der Waals surface area contributed by atoms with Gasteiger partial charge in [-0.3, -0.25) is 0 Å². The van der Waals surface area contributed by atoms with Crippen LogP contribution in [0.1, 0.15) is 0 Å². The van der Waals surface area contributed by atoms with Gasteiger partial charge in [0.2, 0.25) is 0 Å². The number of halogens is 2. The summed E-state index contributed by atoms with van der Waals surface area (Å²) in [7, 11) is 0. The van der Waals surface area contributed by atoms with Crippen LogP contribution in [0.25, 0.3) is 10.1 Å². The van der Waals surface area contributed by atoms with Gasteiger partial charge in [-0.25, -0.2) is 0 Å². The largest absolute Gasteiger partial charge is 0.133 e. The highest BCUT2D eigenvalue weighted by atomic mass is 79.9. The van der Waals surface area contributed by atoms with Crippen molar-refractivity contribution in [2.45, 2.75) is 4.21 Å². The molecule has 1 aromatic heterocycles. The number of thiol groups is 1. The number of hydrogen-bond acceptors (Lipinski definition) is 2. The van der Waals surface area contributed by atoms with Gasteiger partial charge in [-0.1, -0.05) is 31.9 Å². The second-order valence-electron chi connectivity index (χ2n) is 2.38. The molecular weight excluding hydrogens is 320 g/mol. The van der Waals surface area contributed by atoms with Crippen molar-refractivity contribution in [3.63, 3.8) is 0 Å². The van der Waals surface area contributed by atoms with E-state index in [0.717, 1.165) is 13.2 Å². The first-order valence-electron chi connectivity index (χ1n) is 3.24. The molecule has 1 heterocycles. The van der Waals surface area contributed by atoms with Crippen LogP contribution in [0, 0.1) is 0 Å². The van der Waals surface area contributed by atoms with Crippen molar-refractivity contribution in [3.8, 4) is 0 Å². The molecule has 0 nitrogen and oxygen atoms in total. The van der Waals surface area contributed by atoms with Gasteiger partial charge in [0.15, 0.2) is 0 Å². The van der Waals surface area contributed by atoms with Crippen LogP contribution >= 0.6 is 55.8 Å². The lowest BCUT2D eigenvalue weighted by Crippen LogP contribution is -1.67. The normalized spacial score (nSPS) is 10.9. The summed E-state index contributed by atoms with van der Waals surface area (Å²) in [5, 5.41) is 1.23. The first-order chi connectivity index (χ1) is 5.66. The SMILES string of the molecule is Sc1cc2c(Br)cc(Br)cc2s1. The maximum Gasteiger partial charge on any atom is 0.0581 e. The predicted molar refractivity (Wildman–Crippen MR) is 64.5 cm³/mol. The highest BCUT2D eigenvalue weighted by Gasteiger charge is 2.03. The minimum Gasteiger partial charge on any atom is -0.133 e. The van der Waals surface area contributed by atoms with E-state index < -0.39 is 0 Å². The highest BCUT2D eigenvalue weighted by molar-refractivity contribution is 9.11. The molecule has 0 aliphatic carbocycles. The lowest BCUT2D eigenvalue weighted by Gasteiger charge is -1.94. The summed E-state index contributed by atoms with van der Waals surface area (Å²) >= 11 is 12.9. The smallest absolute Gasteiger partial charge is 0.0581 e. The quantitative estimate of drug-likeness (QED) is 0.667. The molecule has 0 spiro atoms. The van der Waals surface area contributed by atoms with Crippen LogP contribution in [0.5, 0.6) is 0 Å². The molecule has 0 saturated heterocycles. The van der Waals surface area contributed by atoms with Crippen LogP contribution in [-0.4, -0.2) is 0 Å². The summed E-state index contributed by atoms with van der Waals surface area (Å²) in [6.45, 7) is 0. The van der Waals surface area contributed by atoms with Gasteiger partial charge in [0.05, 0.1) is 4.21 Å². The van der Waals surface area contributed by atoms with Crippen LogP contribution < -0.4 is 0 Å². The van der Waals surface area contributed by atoms with E-state index in [9.17, 15) is 0 Å². The molecule has 12 heavy (non-hydrogen) atoms. The van der Waals surface area contributed by atoms with E-state index in [1.54, 1.807) is 11.3 Å². The standard InChI is InChI=1S/C8H4Br2S2/c9-4-1-6(10)5-3-8(11)12-7(5)2-4/h1-3,11H. The predicted octanol–water partition coefficient (Wildman–Crippen LogP) is 4.72. The molecular formula is C8H4Br2S2. The molecule has 0 unspecified atom stereocenters. The molecule has 0 bridgehead atoms. The Hall–Kier alpha value is 0.490. The molecule has 0 aliphatic rings. The first-order valence-corrected chi connectivity index (χ1v) is 6.09. The van der Waals surface area contributed by atoms with Crippen LogP contribution in [0.4, 0.5) is 0 Å². The van der Waals surface area contributed by atoms with Gasteiger partial charge >= 0.3 is 0 Å². The number of fused-ring (bicyclic) bond motifs is 1. The number of benzene rings is 1. The van der Waals surface area contributed by atoms with E-state index >= 15 is 0 Å². The third-order valence-electron chi connectivity index (χ3n) is 1.54. The summed E-state index contributed by atoms with van der Waals surface area (Å²) in [5.41, 5.74) is 0. The Bertz CT molecular complexity index is 434. The summed E-state index contributed by atoms with van der Waals surface area (Å²) < 4.78 is 4.51. The lowest BCUT2D eigenvalue weighted by molar-refractivity contribution is 1.70. The molecule has 4 heteroatoms. The van der Waals surface area contributed by atoms with Gasteiger partial charge < -0.3 is 0 Å². The van der Waals surface area contributed by atoms with Crippen LogP contribution in [0.15, 0.2) is 31.4 Å². The van der Waals surface area contributed by atoms with Gasteiger partial charge in [-0.15, -0.1) is 24.0 Å². The van der Waals surface area contributed by atoms with E-state index in [-0.39, 0.29) is 0 Å². The molecule has 0 saturated carbocycles. The zero-order chi connectivity index (χ0) is 8.72. The van der Waals surface area contributed by atoms with Crippen molar-refractivity contribution in [1.29, 1.82) is 0 Å². The maximum atomic E-state index is 4.31. The zero-order valence-electron chi connectivity index (χ0n) is 5.84. The molecule has 0 fully saturated rings. The van der Waals surface area contributed by atoms with E-state index in [1.807, 2.05) is 6.07 Å². The summed E-state index contributed by atoms with van der Waals surface area (Å²) in [4.78, 5) is 0. The van der Waals surface area contributed by atoms with E-state index in [1.165, 1.54) is 10.1 Å². The Balaban J connectivity index is 2.88. The van der Waals surface area contributed by atoms with E-state index in [2.05, 4.69) is 56.6 Å². The second-order valence-corrected chi connectivity index (χ2v) is 6.02. The van der Waals surface area contributed by atoms with Crippen molar-refractivity contribution in [3.05, 3.63) is 27.1 Å². The topological polar surface area (TPSA) is 0 Å². The van der Waals surface area contributed by atoms with Gasteiger partial charge in [0.1, 0.15) is 0 Å². The minimum absolute atomic E-state index is 1.05. The number of thiophene rings is 1. The van der Waals surface area contributed by atoms with Crippen molar-refractivity contribution >= 4 is 65.9 Å². The van der Waals surface area contributed by atoms with Gasteiger partial charge in [0, 0.05) is 19.0 Å². The molecule has 0 amide bonds. The van der Waals surface area contributed by atoms with Crippen molar-refractivity contribution in [2.24, 2.45) is 0 Å². The molecule has 0 N–H and O–H groups in total. The molecule has 2 rings (SSSR count). The minimum atomic E-state index is 1.05. The van der Waals surface area contributed by atoms with Crippen molar-refractivity contribution < 1.29 is 0 Å². The third kappa shape index (κ3) is 1.58. The monoisotopic (exact) mass is 322 g/mol. The molecule has 2 aromatic rings. The molecule has 0 atom stereocenters. The number of rotatable bonds is 0. The van der Waals surface area contributed by atoms with E-state index in [4.69, 9.17) is 0 Å². The Morgan fingerprint density at radius 2 is 1.92 bits per heavy atom. The van der Waals surface area contributed by atoms with Gasteiger partial charge in [-0.2, -0.15) is 0 Å². The zero-order valence-corrected chi connectivity index (χ0v) is 10.7. The highest BCUT2D eigenvalue weighted by Crippen LogP contribution is 2.35. The van der Waals surface area contributed by atoms with Gasteiger partial charge in [-0.05, 0) is 18.2 Å². The molecule has 1 aromatic carbocycles. The summed E-state index contributed by atoms with van der Waals surface area (Å²) in [5.74, 6) is 0. The maximum absolute atomic E-state index is 4.31. The fraction of sp³-hybridized carbons (Fsp3) is 0. The van der Waals surface area contributed by atoms with Crippen molar-refractivity contribution in [2.75, 3.05) is 0 Å². The Kier molecular flexibility index (Phi) is 2.51. The Morgan fingerprint density at radius 3 is 2.67 bits per heavy atom. The lowest BCUT2D eigenvalue weighted by atomic mass is 10.3. The fourth-order valence-electron chi connectivity index (χ4n) is 1.05. The Labute approximate surface area is 96.6 Å². The van der Waals surface area contributed by atoms with Crippen LogP contribution in [0.3, 0.4) is 0 Å². The van der Waals surface area contributed by atoms with E-state index in [0.29, 0.717) is 0 Å². The molecule has 0 aliphatic heterocycles. The molecule has 62 valence electrons. The summed E-state index contributed by atoms with van der Waals surface area (Å²) in [6.07, 6.45) is 0. The third-order valence-corrected chi connectivity index (χ3v) is 3.94. The summed E-state index contributed by atoms with van der Waals surface area (Å²) in [6, 6.07) is 6.21. The average molecular weight is 324 g/mol. The second kappa shape index (κ2) is 3.33. The van der Waals surface area contributed by atoms with Crippen LogP contribution in [-0.2, 0) is 0 Å². The average Bonchev–Trinajstić information content (AvgIpc) is 2.29. The Morgan fingerprint density at radius 1 is 1.17 bits per heavy atom.